The van der Waals surface area contributed by atoms with Crippen LogP contribution in [-0.2, 0) is 9.84 Å². The molecule has 0 aliphatic carbocycles. The maximum atomic E-state index is 11.4. The first-order chi connectivity index (χ1) is 8.89. The Hall–Kier alpha value is -1.83. The molecule has 0 saturated carbocycles. The van der Waals surface area contributed by atoms with Crippen molar-refractivity contribution in [3.63, 3.8) is 0 Å². The number of sulfone groups is 1. The van der Waals surface area contributed by atoms with Gasteiger partial charge in [-0.1, -0.05) is 0 Å². The number of nitro groups is 1. The van der Waals surface area contributed by atoms with E-state index in [2.05, 4.69) is 10.6 Å². The van der Waals surface area contributed by atoms with E-state index in [1.165, 1.54) is 12.1 Å². The summed E-state index contributed by atoms with van der Waals surface area (Å²) in [6.45, 7) is 0. The summed E-state index contributed by atoms with van der Waals surface area (Å²) in [6, 6.07) is 4.37. The highest BCUT2D eigenvalue weighted by molar-refractivity contribution is 7.91. The molecule has 1 aromatic carbocycles. The Morgan fingerprint density at radius 1 is 1.32 bits per heavy atom. The van der Waals surface area contributed by atoms with Gasteiger partial charge >= 0.3 is 0 Å². The highest BCUT2D eigenvalue weighted by Gasteiger charge is 2.28. The number of nitrogens with zero attached hydrogens (tertiary/aromatic N) is 1. The Kier molecular flexibility index (Phi) is 3.61. The average Bonchev–Trinajstić information content (AvgIpc) is 2.68. The van der Waals surface area contributed by atoms with Gasteiger partial charge < -0.3 is 10.6 Å². The highest BCUT2D eigenvalue weighted by atomic mass is 32.2. The second-order valence-corrected chi connectivity index (χ2v) is 6.75. The van der Waals surface area contributed by atoms with E-state index in [-0.39, 0.29) is 23.2 Å². The Morgan fingerprint density at radius 2 is 2.00 bits per heavy atom. The summed E-state index contributed by atoms with van der Waals surface area (Å²) in [5.41, 5.74) is 1.13. The third kappa shape index (κ3) is 3.34. The molecular weight excluding hydrogens is 270 g/mol. The second-order valence-electron chi connectivity index (χ2n) is 4.52. The van der Waals surface area contributed by atoms with E-state index in [1.54, 1.807) is 13.1 Å². The minimum Gasteiger partial charge on any atom is -0.388 e. The lowest BCUT2D eigenvalue weighted by Gasteiger charge is -2.13. The van der Waals surface area contributed by atoms with Gasteiger partial charge in [-0.05, 0) is 12.5 Å². The second kappa shape index (κ2) is 5.04. The van der Waals surface area contributed by atoms with Gasteiger partial charge in [0.1, 0.15) is 0 Å². The number of hydrogen-bond acceptors (Lipinski definition) is 6. The third-order valence-corrected chi connectivity index (χ3v) is 4.79. The minimum atomic E-state index is -2.97. The molecule has 2 N–H and O–H groups in total. The number of non-ortho nitro benzene ring substituents is 1. The van der Waals surface area contributed by atoms with E-state index >= 15 is 0 Å². The molecule has 1 heterocycles. The number of hydrogen-bond donors (Lipinski definition) is 2. The first kappa shape index (κ1) is 13.6. The molecule has 19 heavy (non-hydrogen) atoms. The van der Waals surface area contributed by atoms with E-state index in [9.17, 15) is 18.5 Å². The Balaban J connectivity index is 2.20. The molecular formula is C11H15N3O4S. The van der Waals surface area contributed by atoms with Crippen LogP contribution in [0.15, 0.2) is 18.2 Å². The summed E-state index contributed by atoms with van der Waals surface area (Å²) in [4.78, 5) is 10.3. The van der Waals surface area contributed by atoms with Gasteiger partial charge in [-0.2, -0.15) is 0 Å². The summed E-state index contributed by atoms with van der Waals surface area (Å²) in [6.07, 6.45) is 0.528. The van der Waals surface area contributed by atoms with E-state index in [4.69, 9.17) is 0 Å². The van der Waals surface area contributed by atoms with Crippen LogP contribution in [-0.4, -0.2) is 37.9 Å². The minimum absolute atomic E-state index is 0.0322. The summed E-state index contributed by atoms with van der Waals surface area (Å²) < 4.78 is 22.7. The van der Waals surface area contributed by atoms with Crippen molar-refractivity contribution in [2.45, 2.75) is 12.5 Å². The lowest BCUT2D eigenvalue weighted by atomic mass is 10.2. The molecule has 1 unspecified atom stereocenters. The summed E-state index contributed by atoms with van der Waals surface area (Å²) in [5.74, 6) is 0.239. The van der Waals surface area contributed by atoms with Gasteiger partial charge in [-0.15, -0.1) is 0 Å². The first-order valence-electron chi connectivity index (χ1n) is 5.84. The van der Waals surface area contributed by atoms with Gasteiger partial charge in [0, 0.05) is 36.6 Å². The van der Waals surface area contributed by atoms with E-state index in [0.29, 0.717) is 17.8 Å². The van der Waals surface area contributed by atoms with Crippen molar-refractivity contribution in [3.8, 4) is 0 Å². The molecule has 8 heteroatoms. The number of benzene rings is 1. The largest absolute Gasteiger partial charge is 0.388 e. The van der Waals surface area contributed by atoms with Crippen molar-refractivity contribution >= 4 is 26.9 Å². The van der Waals surface area contributed by atoms with Crippen molar-refractivity contribution in [3.05, 3.63) is 28.3 Å². The zero-order valence-corrected chi connectivity index (χ0v) is 11.2. The van der Waals surface area contributed by atoms with Crippen LogP contribution in [0, 0.1) is 10.1 Å². The van der Waals surface area contributed by atoms with Gasteiger partial charge in [0.05, 0.1) is 16.4 Å². The smallest absolute Gasteiger partial charge is 0.273 e. The van der Waals surface area contributed by atoms with Crippen LogP contribution in [0.25, 0.3) is 0 Å². The predicted molar refractivity (Wildman–Crippen MR) is 73.3 cm³/mol. The van der Waals surface area contributed by atoms with E-state index < -0.39 is 14.8 Å². The fourth-order valence-electron chi connectivity index (χ4n) is 2.09. The molecule has 104 valence electrons. The molecule has 0 amide bonds. The van der Waals surface area contributed by atoms with Gasteiger partial charge in [-0.3, -0.25) is 10.1 Å². The van der Waals surface area contributed by atoms with Crippen molar-refractivity contribution in [1.29, 1.82) is 0 Å². The molecule has 0 bridgehead atoms. The SMILES string of the molecule is CNc1cc(NC2CCS(=O)(=O)C2)cc([N+](=O)[O-])c1. The Bertz CT molecular complexity index is 600. The third-order valence-electron chi connectivity index (χ3n) is 3.02. The molecule has 1 aromatic rings. The van der Waals surface area contributed by atoms with Crippen LogP contribution in [0.4, 0.5) is 17.1 Å². The van der Waals surface area contributed by atoms with Crippen LogP contribution < -0.4 is 10.6 Å². The highest BCUT2D eigenvalue weighted by Crippen LogP contribution is 2.26. The fraction of sp³-hybridized carbons (Fsp3) is 0.455. The predicted octanol–water partition coefficient (Wildman–Crippen LogP) is 1.24. The van der Waals surface area contributed by atoms with Crippen LogP contribution in [0.3, 0.4) is 0 Å². The number of rotatable bonds is 4. The van der Waals surface area contributed by atoms with Crippen molar-refractivity contribution < 1.29 is 13.3 Å². The molecule has 0 radical (unpaired) electrons. The number of nitrogens with one attached hydrogen (secondary N) is 2. The normalized spacial score (nSPS) is 21.0. The maximum Gasteiger partial charge on any atom is 0.273 e. The zero-order valence-electron chi connectivity index (χ0n) is 10.4. The molecule has 0 aromatic heterocycles. The van der Waals surface area contributed by atoms with E-state index in [1.807, 2.05) is 0 Å². The molecule has 1 aliphatic rings. The van der Waals surface area contributed by atoms with Gasteiger partial charge in [-0.25, -0.2) is 8.42 Å². The Morgan fingerprint density at radius 3 is 2.53 bits per heavy atom. The maximum absolute atomic E-state index is 11.4. The van der Waals surface area contributed by atoms with Crippen molar-refractivity contribution in [2.24, 2.45) is 0 Å². The van der Waals surface area contributed by atoms with Crippen LogP contribution in [0.5, 0.6) is 0 Å². The summed E-state index contributed by atoms with van der Waals surface area (Å²) in [7, 11) is -1.30. The quantitative estimate of drug-likeness (QED) is 0.637. The first-order valence-corrected chi connectivity index (χ1v) is 7.66. The molecule has 1 aliphatic heterocycles. The lowest BCUT2D eigenvalue weighted by molar-refractivity contribution is -0.384. The standard InChI is InChI=1S/C11H15N3O4S/c1-12-9-4-10(6-11(5-9)14(15)16)13-8-2-3-19(17,18)7-8/h4-6,8,12-13H,2-3,7H2,1H3. The summed E-state index contributed by atoms with van der Waals surface area (Å²) in [5, 5.41) is 16.7. The fourth-order valence-corrected chi connectivity index (χ4v) is 3.76. The van der Waals surface area contributed by atoms with Gasteiger partial charge in [0.25, 0.3) is 5.69 Å². The van der Waals surface area contributed by atoms with Crippen molar-refractivity contribution in [2.75, 3.05) is 29.2 Å². The lowest BCUT2D eigenvalue weighted by Crippen LogP contribution is -2.20. The molecule has 1 saturated heterocycles. The number of anilines is 2. The van der Waals surface area contributed by atoms with Gasteiger partial charge in [0.15, 0.2) is 9.84 Å². The molecule has 7 nitrogen and oxygen atoms in total. The average molecular weight is 285 g/mol. The van der Waals surface area contributed by atoms with E-state index in [0.717, 1.165) is 0 Å². The topological polar surface area (TPSA) is 101 Å². The Labute approximate surface area is 111 Å². The molecule has 1 atom stereocenters. The van der Waals surface area contributed by atoms with Crippen LogP contribution in [0.2, 0.25) is 0 Å². The van der Waals surface area contributed by atoms with Crippen LogP contribution >= 0.6 is 0 Å². The molecule has 0 spiro atoms. The molecule has 2 rings (SSSR count). The summed E-state index contributed by atoms with van der Waals surface area (Å²) >= 11 is 0. The van der Waals surface area contributed by atoms with Crippen molar-refractivity contribution in [1.82, 2.24) is 0 Å². The molecule has 1 fully saturated rings. The van der Waals surface area contributed by atoms with Crippen LogP contribution in [0.1, 0.15) is 6.42 Å². The van der Waals surface area contributed by atoms with Gasteiger partial charge in [0.2, 0.25) is 0 Å². The monoisotopic (exact) mass is 285 g/mol. The number of nitro benzene ring substituents is 1. The zero-order chi connectivity index (χ0) is 14.0.